The van der Waals surface area contributed by atoms with Gasteiger partial charge in [-0.3, -0.25) is 19.7 Å². The van der Waals surface area contributed by atoms with E-state index in [1.54, 1.807) is 0 Å². The summed E-state index contributed by atoms with van der Waals surface area (Å²) in [6, 6.07) is 3.91. The highest BCUT2D eigenvalue weighted by Crippen LogP contribution is 2.45. The van der Waals surface area contributed by atoms with Crippen LogP contribution in [0.2, 0.25) is 0 Å². The van der Waals surface area contributed by atoms with Crippen LogP contribution in [0.15, 0.2) is 30.0 Å². The molecule has 1 N–H and O–H groups in total. The minimum absolute atomic E-state index is 0.0759. The number of esters is 1. The van der Waals surface area contributed by atoms with E-state index in [1.807, 2.05) is 0 Å². The van der Waals surface area contributed by atoms with Crippen molar-refractivity contribution in [1.29, 1.82) is 0 Å². The molecule has 0 spiro atoms. The summed E-state index contributed by atoms with van der Waals surface area (Å²) in [5.74, 6) is -4.14. The van der Waals surface area contributed by atoms with Gasteiger partial charge in [0.25, 0.3) is 5.69 Å². The number of fused-ring (bicyclic) bond motifs is 3. The summed E-state index contributed by atoms with van der Waals surface area (Å²) < 4.78 is 10.1. The quantitative estimate of drug-likeness (QED) is 0.377. The number of hydrogen-bond donors (Lipinski definition) is 1. The van der Waals surface area contributed by atoms with E-state index >= 15 is 0 Å². The Morgan fingerprint density at radius 1 is 1.43 bits per heavy atom. The molecule has 0 bridgehead atoms. The van der Waals surface area contributed by atoms with Gasteiger partial charge in [0.05, 0.1) is 11.2 Å². The van der Waals surface area contributed by atoms with Gasteiger partial charge in [-0.25, -0.2) is 0 Å². The molecule has 2 heterocycles. The van der Waals surface area contributed by atoms with Crippen LogP contribution in [0.1, 0.15) is 11.5 Å². The average Bonchev–Trinajstić information content (AvgIpc) is 2.45. The van der Waals surface area contributed by atoms with Crippen LogP contribution in [0.4, 0.5) is 5.69 Å². The molecule has 2 unspecified atom stereocenters. The molecule has 2 aliphatic rings. The minimum Gasteiger partial charge on any atom is -0.489 e. The van der Waals surface area contributed by atoms with Crippen LogP contribution < -0.4 is 4.74 Å². The highest BCUT2D eigenvalue weighted by atomic mass is 16.6. The van der Waals surface area contributed by atoms with E-state index in [2.05, 4.69) is 0 Å². The molecule has 0 saturated heterocycles. The van der Waals surface area contributed by atoms with Gasteiger partial charge in [0.15, 0.2) is 5.92 Å². The van der Waals surface area contributed by atoms with Gasteiger partial charge < -0.3 is 14.6 Å². The summed E-state index contributed by atoms with van der Waals surface area (Å²) in [6.07, 6.45) is 1.16. The number of cyclic esters (lactones) is 1. The normalized spacial score (nSPS) is 23.0. The van der Waals surface area contributed by atoms with Gasteiger partial charge in [0, 0.05) is 29.2 Å². The summed E-state index contributed by atoms with van der Waals surface area (Å²) in [7, 11) is 0. The number of hydrogen-bond acceptors (Lipinski definition) is 6. The number of carbonyl (C=O) groups excluding carboxylic acids is 1. The molecule has 2 atom stereocenters. The van der Waals surface area contributed by atoms with Gasteiger partial charge in [0.2, 0.25) is 0 Å². The van der Waals surface area contributed by atoms with Crippen LogP contribution in [0, 0.1) is 16.0 Å². The molecule has 0 saturated carbocycles. The third-order valence-corrected chi connectivity index (χ3v) is 3.51. The van der Waals surface area contributed by atoms with Crippen molar-refractivity contribution in [3.63, 3.8) is 0 Å². The van der Waals surface area contributed by atoms with E-state index in [0.717, 1.165) is 6.26 Å². The fourth-order valence-electron chi connectivity index (χ4n) is 2.56. The number of nitrogens with zero attached hydrogens (tertiary/aromatic N) is 1. The predicted molar refractivity (Wildman–Crippen MR) is 66.6 cm³/mol. The molecule has 108 valence electrons. The lowest BCUT2D eigenvalue weighted by Gasteiger charge is -2.33. The Bertz CT molecular complexity index is 694. The van der Waals surface area contributed by atoms with Crippen molar-refractivity contribution >= 4 is 17.6 Å². The summed E-state index contributed by atoms with van der Waals surface area (Å²) in [5, 5.41) is 20.1. The van der Waals surface area contributed by atoms with E-state index in [0.29, 0.717) is 16.9 Å². The molecule has 0 amide bonds. The first-order valence-corrected chi connectivity index (χ1v) is 6.02. The van der Waals surface area contributed by atoms with Crippen molar-refractivity contribution in [2.24, 2.45) is 5.92 Å². The van der Waals surface area contributed by atoms with E-state index in [1.165, 1.54) is 18.2 Å². The molecule has 1 aromatic carbocycles. The van der Waals surface area contributed by atoms with Crippen LogP contribution in [0.5, 0.6) is 5.75 Å². The zero-order valence-electron chi connectivity index (χ0n) is 10.5. The number of aliphatic carboxylic acids is 1. The Balaban J connectivity index is 2.17. The lowest BCUT2D eigenvalue weighted by molar-refractivity contribution is -0.385. The highest BCUT2D eigenvalue weighted by molar-refractivity contribution is 5.97. The van der Waals surface area contributed by atoms with E-state index in [-0.39, 0.29) is 12.3 Å². The maximum absolute atomic E-state index is 11.7. The fraction of sp³-hybridized carbons (Fsp3) is 0.231. The van der Waals surface area contributed by atoms with Crippen molar-refractivity contribution in [3.8, 4) is 5.75 Å². The topological polar surface area (TPSA) is 116 Å². The van der Waals surface area contributed by atoms with Gasteiger partial charge in [-0.1, -0.05) is 0 Å². The number of benzene rings is 1. The average molecular weight is 291 g/mol. The summed E-state index contributed by atoms with van der Waals surface area (Å²) in [4.78, 5) is 33.3. The number of non-ortho nitro benzene ring substituents is 1. The second-order valence-corrected chi connectivity index (χ2v) is 4.69. The Labute approximate surface area is 117 Å². The molecule has 2 aliphatic heterocycles. The maximum Gasteiger partial charge on any atom is 0.326 e. The summed E-state index contributed by atoms with van der Waals surface area (Å²) in [6.45, 7) is 0.0759. The van der Waals surface area contributed by atoms with Crippen LogP contribution in [-0.2, 0) is 14.3 Å². The van der Waals surface area contributed by atoms with Gasteiger partial charge in [-0.05, 0) is 6.07 Å². The third-order valence-electron chi connectivity index (χ3n) is 3.51. The van der Waals surface area contributed by atoms with Gasteiger partial charge in [0.1, 0.15) is 12.4 Å². The number of carboxylic acids is 1. The number of rotatable bonds is 2. The smallest absolute Gasteiger partial charge is 0.326 e. The van der Waals surface area contributed by atoms with Gasteiger partial charge in [-0.15, -0.1) is 0 Å². The van der Waals surface area contributed by atoms with Crippen molar-refractivity contribution in [2.75, 3.05) is 6.61 Å². The Kier molecular flexibility index (Phi) is 2.86. The van der Waals surface area contributed by atoms with Crippen LogP contribution in [0.25, 0.3) is 0 Å². The monoisotopic (exact) mass is 291 g/mol. The summed E-state index contributed by atoms with van der Waals surface area (Å²) in [5.41, 5.74) is 0.586. The molecule has 1 aromatic rings. The number of nitro groups is 1. The molecule has 0 fully saturated rings. The molecule has 3 rings (SSSR count). The Hall–Kier alpha value is -2.90. The van der Waals surface area contributed by atoms with Crippen molar-refractivity contribution < 1.29 is 29.1 Å². The van der Waals surface area contributed by atoms with Crippen LogP contribution in [-0.4, -0.2) is 28.6 Å². The molecule has 8 nitrogen and oxygen atoms in total. The molecular weight excluding hydrogens is 282 g/mol. The molecular formula is C13H9NO7. The largest absolute Gasteiger partial charge is 0.489 e. The van der Waals surface area contributed by atoms with E-state index in [4.69, 9.17) is 9.47 Å². The van der Waals surface area contributed by atoms with Crippen molar-refractivity contribution in [2.45, 2.75) is 5.92 Å². The molecule has 21 heavy (non-hydrogen) atoms. The molecule has 0 aliphatic carbocycles. The zero-order chi connectivity index (χ0) is 15.1. The molecule has 0 aromatic heterocycles. The van der Waals surface area contributed by atoms with E-state index in [9.17, 15) is 24.8 Å². The van der Waals surface area contributed by atoms with Crippen molar-refractivity contribution in [1.82, 2.24) is 0 Å². The molecule has 0 radical (unpaired) electrons. The minimum atomic E-state index is -1.44. The number of nitro benzene ring substituents is 1. The number of carbonyl (C=O) groups is 2. The Morgan fingerprint density at radius 2 is 2.19 bits per heavy atom. The maximum atomic E-state index is 11.7. The Morgan fingerprint density at radius 3 is 2.86 bits per heavy atom. The number of ether oxygens (including phenoxy) is 2. The lowest BCUT2D eigenvalue weighted by Crippen LogP contribution is -2.38. The van der Waals surface area contributed by atoms with Crippen LogP contribution >= 0.6 is 0 Å². The van der Waals surface area contributed by atoms with Crippen molar-refractivity contribution in [3.05, 3.63) is 45.7 Å². The molecule has 8 heteroatoms. The van der Waals surface area contributed by atoms with E-state index < -0.39 is 28.7 Å². The second kappa shape index (κ2) is 4.58. The van der Waals surface area contributed by atoms with Gasteiger partial charge >= 0.3 is 11.9 Å². The second-order valence-electron chi connectivity index (χ2n) is 4.69. The SMILES string of the molecule is O=C(O)C1C(=O)OC=C2COc3ccc([N+](=O)[O-])cc3C21. The third kappa shape index (κ3) is 2.00. The van der Waals surface area contributed by atoms with Gasteiger partial charge in [-0.2, -0.15) is 0 Å². The van der Waals surface area contributed by atoms with Crippen LogP contribution in [0.3, 0.4) is 0 Å². The summed E-state index contributed by atoms with van der Waals surface area (Å²) >= 11 is 0. The first-order valence-electron chi connectivity index (χ1n) is 6.02. The standard InChI is InChI=1S/C13H9NO7/c15-12(16)11-10-6(5-21-13(11)17)4-20-9-2-1-7(14(18)19)3-8(9)10/h1-3,5,10-11H,4H2,(H,15,16). The lowest BCUT2D eigenvalue weighted by atomic mass is 9.78. The zero-order valence-corrected chi connectivity index (χ0v) is 10.5. The fourth-order valence-corrected chi connectivity index (χ4v) is 2.56. The number of carboxylic acid groups (broad SMARTS) is 1. The first-order chi connectivity index (χ1) is 9.99. The highest BCUT2D eigenvalue weighted by Gasteiger charge is 2.45. The predicted octanol–water partition coefficient (Wildman–Crippen LogP) is 1.21. The first kappa shape index (κ1) is 13.1.